The van der Waals surface area contributed by atoms with Crippen molar-refractivity contribution in [3.05, 3.63) is 23.8 Å². The Kier molecular flexibility index (Phi) is 10.7. The average molecular weight is 476 g/mol. The van der Waals surface area contributed by atoms with Crippen LogP contribution in [-0.4, -0.2) is 58.3 Å². The number of methoxy groups -OCH3 is 2. The maximum atomic E-state index is 5.45. The molecule has 1 aliphatic heterocycles. The fraction of sp³-hybridized carbons (Fsp3) is 0.632. The van der Waals surface area contributed by atoms with Crippen LogP contribution in [0.1, 0.15) is 25.3 Å². The molecule has 6 nitrogen and oxygen atoms in total. The summed E-state index contributed by atoms with van der Waals surface area (Å²) in [7, 11) is 5.52. The Bertz CT molecular complexity index is 568. The number of halogens is 1. The number of aliphatic imine (C=N–C) groups is 1. The smallest absolute Gasteiger partial charge is 0.191 e. The predicted molar refractivity (Wildman–Crippen MR) is 118 cm³/mol. The van der Waals surface area contributed by atoms with Crippen molar-refractivity contribution in [1.29, 1.82) is 0 Å². The van der Waals surface area contributed by atoms with Crippen LogP contribution in [0.3, 0.4) is 0 Å². The van der Waals surface area contributed by atoms with E-state index in [0.29, 0.717) is 12.5 Å². The molecular weight excluding hydrogens is 443 g/mol. The van der Waals surface area contributed by atoms with Gasteiger partial charge in [-0.25, -0.2) is 4.99 Å². The fourth-order valence-corrected chi connectivity index (χ4v) is 3.17. The number of nitrogens with zero attached hydrogens (tertiary/aromatic N) is 2. The van der Waals surface area contributed by atoms with E-state index in [9.17, 15) is 0 Å². The van der Waals surface area contributed by atoms with Gasteiger partial charge in [0.2, 0.25) is 0 Å². The lowest BCUT2D eigenvalue weighted by Gasteiger charge is -2.30. The second-order valence-electron chi connectivity index (χ2n) is 6.52. The van der Waals surface area contributed by atoms with Crippen molar-refractivity contribution in [2.45, 2.75) is 26.3 Å². The molecule has 0 spiro atoms. The Balaban J connectivity index is 0.00000338. The summed E-state index contributed by atoms with van der Waals surface area (Å²) in [5.74, 6) is 3.12. The highest BCUT2D eigenvalue weighted by Gasteiger charge is 2.17. The van der Waals surface area contributed by atoms with Crippen LogP contribution in [0.4, 0.5) is 0 Å². The molecule has 1 saturated heterocycles. The third-order valence-electron chi connectivity index (χ3n) is 4.53. The van der Waals surface area contributed by atoms with Gasteiger partial charge in [0.05, 0.1) is 20.8 Å². The van der Waals surface area contributed by atoms with Crippen LogP contribution >= 0.6 is 24.0 Å². The van der Waals surface area contributed by atoms with Crippen molar-refractivity contribution in [3.63, 3.8) is 0 Å². The van der Waals surface area contributed by atoms with Gasteiger partial charge in [0.25, 0.3) is 0 Å². The Labute approximate surface area is 174 Å². The standard InChI is InChI=1S/C19H32N4O2.HI/c1-5-20-19(21-12-15-7-6-10-23(2)14-15)22-13-16-8-9-17(24-3)11-18(16)25-4;/h8-9,11,15H,5-7,10,12-14H2,1-4H3,(H2,20,21,22);1H. The van der Waals surface area contributed by atoms with E-state index in [4.69, 9.17) is 14.5 Å². The van der Waals surface area contributed by atoms with Crippen LogP contribution in [0.15, 0.2) is 23.2 Å². The molecule has 1 aromatic rings. The number of rotatable bonds is 7. The molecule has 0 amide bonds. The number of likely N-dealkylation sites (tertiary alicyclic amines) is 1. The van der Waals surface area contributed by atoms with Gasteiger partial charge in [-0.3, -0.25) is 0 Å². The van der Waals surface area contributed by atoms with Gasteiger partial charge in [-0.2, -0.15) is 0 Å². The first-order valence-electron chi connectivity index (χ1n) is 9.07. The first kappa shape index (κ1) is 22.8. The molecule has 1 fully saturated rings. The predicted octanol–water partition coefficient (Wildman–Crippen LogP) is 2.72. The van der Waals surface area contributed by atoms with E-state index >= 15 is 0 Å². The molecule has 7 heteroatoms. The van der Waals surface area contributed by atoms with Crippen molar-refractivity contribution >= 4 is 29.9 Å². The molecule has 1 atom stereocenters. The highest BCUT2D eigenvalue weighted by molar-refractivity contribution is 14.0. The lowest BCUT2D eigenvalue weighted by molar-refractivity contribution is 0.210. The summed E-state index contributed by atoms with van der Waals surface area (Å²) in [6.07, 6.45) is 2.56. The molecule has 1 heterocycles. The van der Waals surface area contributed by atoms with Crippen LogP contribution in [-0.2, 0) is 6.54 Å². The van der Waals surface area contributed by atoms with Gasteiger partial charge in [0.1, 0.15) is 11.5 Å². The molecule has 0 radical (unpaired) electrons. The van der Waals surface area contributed by atoms with Gasteiger partial charge < -0.3 is 25.0 Å². The monoisotopic (exact) mass is 476 g/mol. The van der Waals surface area contributed by atoms with Crippen LogP contribution in [0.5, 0.6) is 11.5 Å². The number of hydrogen-bond donors (Lipinski definition) is 2. The third-order valence-corrected chi connectivity index (χ3v) is 4.53. The van der Waals surface area contributed by atoms with Crippen molar-refractivity contribution in [3.8, 4) is 11.5 Å². The number of nitrogens with one attached hydrogen (secondary N) is 2. The van der Waals surface area contributed by atoms with E-state index in [0.717, 1.165) is 42.7 Å². The SMILES string of the molecule is CCNC(=NCc1ccc(OC)cc1OC)NCC1CCCN(C)C1.I. The summed E-state index contributed by atoms with van der Waals surface area (Å²) in [6.45, 7) is 6.80. The van der Waals surface area contributed by atoms with Gasteiger partial charge in [-0.1, -0.05) is 0 Å². The Morgan fingerprint density at radius 2 is 2.08 bits per heavy atom. The summed E-state index contributed by atoms with van der Waals surface area (Å²) in [5.41, 5.74) is 1.04. The van der Waals surface area contributed by atoms with E-state index in [1.165, 1.54) is 19.4 Å². The third kappa shape index (κ3) is 7.19. The molecule has 0 aliphatic carbocycles. The number of guanidine groups is 1. The molecule has 2 rings (SSSR count). The van der Waals surface area contributed by atoms with E-state index < -0.39 is 0 Å². The quantitative estimate of drug-likeness (QED) is 0.360. The Morgan fingerprint density at radius 1 is 1.27 bits per heavy atom. The molecule has 0 bridgehead atoms. The summed E-state index contributed by atoms with van der Waals surface area (Å²) in [4.78, 5) is 7.12. The second kappa shape index (κ2) is 12.2. The first-order valence-corrected chi connectivity index (χ1v) is 9.07. The van der Waals surface area contributed by atoms with E-state index in [1.807, 2.05) is 18.2 Å². The fourth-order valence-electron chi connectivity index (χ4n) is 3.17. The largest absolute Gasteiger partial charge is 0.497 e. The normalized spacial score (nSPS) is 18.0. The summed E-state index contributed by atoms with van der Waals surface area (Å²) in [5, 5.41) is 6.81. The van der Waals surface area contributed by atoms with Gasteiger partial charge in [0, 0.05) is 31.3 Å². The van der Waals surface area contributed by atoms with E-state index in [1.54, 1.807) is 14.2 Å². The van der Waals surface area contributed by atoms with Gasteiger partial charge in [-0.05, 0) is 51.4 Å². The zero-order valence-corrected chi connectivity index (χ0v) is 18.7. The van der Waals surface area contributed by atoms with Gasteiger partial charge >= 0.3 is 0 Å². The topological polar surface area (TPSA) is 58.1 Å². The van der Waals surface area contributed by atoms with E-state index in [2.05, 4.69) is 29.5 Å². The minimum Gasteiger partial charge on any atom is -0.497 e. The summed E-state index contributed by atoms with van der Waals surface area (Å²) in [6, 6.07) is 5.83. The molecular formula is C19H33IN4O2. The van der Waals surface area contributed by atoms with Crippen LogP contribution in [0, 0.1) is 5.92 Å². The first-order chi connectivity index (χ1) is 12.2. The lowest BCUT2D eigenvalue weighted by Crippen LogP contribution is -2.43. The molecule has 1 unspecified atom stereocenters. The van der Waals surface area contributed by atoms with Gasteiger partial charge in [-0.15, -0.1) is 24.0 Å². The van der Waals surface area contributed by atoms with Crippen LogP contribution in [0.25, 0.3) is 0 Å². The van der Waals surface area contributed by atoms with Crippen LogP contribution < -0.4 is 20.1 Å². The number of benzene rings is 1. The maximum absolute atomic E-state index is 5.45. The Hall–Kier alpha value is -1.22. The van der Waals surface area contributed by atoms with Crippen molar-refractivity contribution in [2.75, 3.05) is 47.4 Å². The molecule has 0 aromatic heterocycles. The minimum atomic E-state index is 0. The molecule has 1 aromatic carbocycles. The zero-order valence-electron chi connectivity index (χ0n) is 16.4. The number of piperidine rings is 1. The number of hydrogen-bond acceptors (Lipinski definition) is 4. The molecule has 148 valence electrons. The number of ether oxygens (including phenoxy) is 2. The van der Waals surface area contributed by atoms with E-state index in [-0.39, 0.29) is 24.0 Å². The van der Waals surface area contributed by atoms with Crippen molar-refractivity contribution in [2.24, 2.45) is 10.9 Å². The molecule has 26 heavy (non-hydrogen) atoms. The lowest BCUT2D eigenvalue weighted by atomic mass is 9.99. The van der Waals surface area contributed by atoms with Crippen LogP contribution in [0.2, 0.25) is 0 Å². The van der Waals surface area contributed by atoms with Crippen molar-refractivity contribution < 1.29 is 9.47 Å². The summed E-state index contributed by atoms with van der Waals surface area (Å²) >= 11 is 0. The second-order valence-corrected chi connectivity index (χ2v) is 6.52. The molecule has 2 N–H and O–H groups in total. The van der Waals surface area contributed by atoms with Crippen molar-refractivity contribution in [1.82, 2.24) is 15.5 Å². The molecule has 1 aliphatic rings. The molecule has 0 saturated carbocycles. The van der Waals surface area contributed by atoms with Gasteiger partial charge in [0.15, 0.2) is 5.96 Å². The maximum Gasteiger partial charge on any atom is 0.191 e. The highest BCUT2D eigenvalue weighted by atomic mass is 127. The zero-order chi connectivity index (χ0) is 18.1. The Morgan fingerprint density at radius 3 is 2.73 bits per heavy atom. The summed E-state index contributed by atoms with van der Waals surface area (Å²) < 4.78 is 10.7. The highest BCUT2D eigenvalue weighted by Crippen LogP contribution is 2.25. The average Bonchev–Trinajstić information content (AvgIpc) is 2.64. The minimum absolute atomic E-state index is 0.